The number of hydrogen-bond donors (Lipinski definition) is 1. The average molecular weight is 356 g/mol. The van der Waals surface area contributed by atoms with Gasteiger partial charge in [-0.25, -0.2) is 8.78 Å². The van der Waals surface area contributed by atoms with Gasteiger partial charge in [0.25, 0.3) is 11.8 Å². The first-order chi connectivity index (χ1) is 11.8. The number of likely N-dealkylation sites (tertiary alicyclic amines) is 2. The van der Waals surface area contributed by atoms with Crippen LogP contribution in [0.4, 0.5) is 8.78 Å². The molecule has 3 heterocycles. The molecule has 0 bridgehead atoms. The van der Waals surface area contributed by atoms with Gasteiger partial charge in [0.2, 0.25) is 0 Å². The van der Waals surface area contributed by atoms with E-state index in [4.69, 9.17) is 0 Å². The Morgan fingerprint density at radius 2 is 2.00 bits per heavy atom. The van der Waals surface area contributed by atoms with Crippen LogP contribution in [0.2, 0.25) is 0 Å². The quantitative estimate of drug-likeness (QED) is 0.871. The molecule has 0 aromatic carbocycles. The van der Waals surface area contributed by atoms with E-state index in [0.717, 1.165) is 13.0 Å². The third-order valence-electron chi connectivity index (χ3n) is 5.04. The highest BCUT2D eigenvalue weighted by Crippen LogP contribution is 2.30. The van der Waals surface area contributed by atoms with Crippen molar-refractivity contribution in [3.05, 3.63) is 18.0 Å². The SMILES string of the molecule is CCCn1ccc(C(=O)N2CC[C@](O)(CN3CCC(F)(F)CC3)C2)n1. The van der Waals surface area contributed by atoms with Crippen molar-refractivity contribution in [2.75, 3.05) is 32.7 Å². The molecule has 1 aromatic heterocycles. The molecule has 1 atom stereocenters. The van der Waals surface area contributed by atoms with Crippen molar-refractivity contribution < 1.29 is 18.7 Å². The molecule has 1 N–H and O–H groups in total. The van der Waals surface area contributed by atoms with Crippen molar-refractivity contribution in [2.45, 2.75) is 50.7 Å². The highest BCUT2D eigenvalue weighted by molar-refractivity contribution is 5.92. The van der Waals surface area contributed by atoms with Gasteiger partial charge in [0.05, 0.1) is 12.1 Å². The molecule has 6 nitrogen and oxygen atoms in total. The van der Waals surface area contributed by atoms with E-state index in [1.54, 1.807) is 21.8 Å². The van der Waals surface area contributed by atoms with Crippen molar-refractivity contribution in [2.24, 2.45) is 0 Å². The molecule has 8 heteroatoms. The Balaban J connectivity index is 1.55. The number of alkyl halides is 2. The Labute approximate surface area is 146 Å². The molecule has 2 aliphatic heterocycles. The second-order valence-corrected chi connectivity index (χ2v) is 7.30. The number of carbonyl (C=O) groups excluding carboxylic acids is 1. The van der Waals surface area contributed by atoms with Crippen LogP contribution in [-0.2, 0) is 6.54 Å². The Morgan fingerprint density at radius 3 is 2.68 bits per heavy atom. The van der Waals surface area contributed by atoms with Gasteiger partial charge >= 0.3 is 0 Å². The lowest BCUT2D eigenvalue weighted by Crippen LogP contribution is -2.49. The fourth-order valence-electron chi connectivity index (χ4n) is 3.60. The largest absolute Gasteiger partial charge is 0.387 e. The lowest BCUT2D eigenvalue weighted by Gasteiger charge is -2.36. The predicted molar refractivity (Wildman–Crippen MR) is 88.6 cm³/mol. The normalized spacial score (nSPS) is 27.0. The zero-order valence-corrected chi connectivity index (χ0v) is 14.6. The summed E-state index contributed by atoms with van der Waals surface area (Å²) in [5, 5.41) is 15.1. The topological polar surface area (TPSA) is 61.6 Å². The summed E-state index contributed by atoms with van der Waals surface area (Å²) >= 11 is 0. The molecule has 2 aliphatic rings. The molecule has 0 aliphatic carbocycles. The van der Waals surface area contributed by atoms with Crippen LogP contribution in [0.5, 0.6) is 0 Å². The third-order valence-corrected chi connectivity index (χ3v) is 5.04. The van der Waals surface area contributed by atoms with E-state index in [0.29, 0.717) is 25.2 Å². The molecule has 140 valence electrons. The molecule has 1 amide bonds. The fraction of sp³-hybridized carbons (Fsp3) is 0.765. The number of hydrogen-bond acceptors (Lipinski definition) is 4. The van der Waals surface area contributed by atoms with Crippen molar-refractivity contribution in [1.82, 2.24) is 19.6 Å². The Morgan fingerprint density at radius 1 is 1.28 bits per heavy atom. The number of rotatable bonds is 5. The molecule has 3 rings (SSSR count). The van der Waals surface area contributed by atoms with E-state index < -0.39 is 11.5 Å². The van der Waals surface area contributed by atoms with Crippen molar-refractivity contribution in [1.29, 1.82) is 0 Å². The van der Waals surface area contributed by atoms with Gasteiger partial charge in [-0.15, -0.1) is 0 Å². The standard InChI is InChI=1S/C17H26F2N4O2/c1-2-7-23-8-3-14(20-23)15(24)22-11-4-16(25,13-22)12-21-9-5-17(18,19)6-10-21/h3,8,25H,2,4-7,9-13H2,1H3/t16-/m0/s1. The van der Waals surface area contributed by atoms with Crippen molar-refractivity contribution in [3.63, 3.8) is 0 Å². The summed E-state index contributed by atoms with van der Waals surface area (Å²) in [6.45, 7) is 4.38. The summed E-state index contributed by atoms with van der Waals surface area (Å²) in [6, 6.07) is 1.70. The van der Waals surface area contributed by atoms with E-state index in [2.05, 4.69) is 5.10 Å². The summed E-state index contributed by atoms with van der Waals surface area (Å²) < 4.78 is 28.2. The number of carbonyl (C=O) groups is 1. The number of halogens is 2. The maximum Gasteiger partial charge on any atom is 0.274 e. The zero-order chi connectivity index (χ0) is 18.1. The van der Waals surface area contributed by atoms with Gasteiger partial charge in [0, 0.05) is 51.8 Å². The Kier molecular flexibility index (Phi) is 5.11. The summed E-state index contributed by atoms with van der Waals surface area (Å²) in [5.74, 6) is -2.77. The fourth-order valence-corrected chi connectivity index (χ4v) is 3.60. The number of β-amino-alcohol motifs (C(OH)–C–C–N with tert-alkyl or cyclic N) is 1. The number of aryl methyl sites for hydroxylation is 1. The first-order valence-corrected chi connectivity index (χ1v) is 8.96. The van der Waals surface area contributed by atoms with Crippen LogP contribution in [0.1, 0.15) is 43.1 Å². The van der Waals surface area contributed by atoms with Crippen LogP contribution in [0.25, 0.3) is 0 Å². The number of amides is 1. The van der Waals surface area contributed by atoms with Gasteiger partial charge in [-0.1, -0.05) is 6.92 Å². The minimum absolute atomic E-state index is 0.166. The van der Waals surface area contributed by atoms with Crippen molar-refractivity contribution >= 4 is 5.91 Å². The Bertz CT molecular complexity index is 612. The number of nitrogens with zero attached hydrogens (tertiary/aromatic N) is 4. The highest BCUT2D eigenvalue weighted by Gasteiger charge is 2.42. The average Bonchev–Trinajstić information content (AvgIpc) is 3.17. The number of aliphatic hydroxyl groups is 1. The van der Waals surface area contributed by atoms with Gasteiger partial charge in [-0.3, -0.25) is 14.4 Å². The summed E-state index contributed by atoms with van der Waals surface area (Å²) in [7, 11) is 0. The minimum Gasteiger partial charge on any atom is -0.387 e. The summed E-state index contributed by atoms with van der Waals surface area (Å²) in [5.41, 5.74) is -0.649. The van der Waals surface area contributed by atoms with Gasteiger partial charge in [-0.05, 0) is 18.9 Å². The molecule has 2 fully saturated rings. The first-order valence-electron chi connectivity index (χ1n) is 8.96. The molecule has 0 spiro atoms. The number of piperidine rings is 1. The second kappa shape index (κ2) is 6.99. The van der Waals surface area contributed by atoms with Crippen LogP contribution in [0, 0.1) is 0 Å². The maximum absolute atomic E-state index is 13.2. The van der Waals surface area contributed by atoms with Crippen LogP contribution < -0.4 is 0 Å². The molecule has 2 saturated heterocycles. The van der Waals surface area contributed by atoms with Crippen molar-refractivity contribution in [3.8, 4) is 0 Å². The number of aromatic nitrogens is 2. The van der Waals surface area contributed by atoms with E-state index in [1.165, 1.54) is 0 Å². The zero-order valence-electron chi connectivity index (χ0n) is 14.6. The van der Waals surface area contributed by atoms with Gasteiger partial charge in [0.1, 0.15) is 5.69 Å². The monoisotopic (exact) mass is 356 g/mol. The van der Waals surface area contributed by atoms with E-state index >= 15 is 0 Å². The maximum atomic E-state index is 13.2. The van der Waals surface area contributed by atoms with Gasteiger partial charge < -0.3 is 10.0 Å². The smallest absolute Gasteiger partial charge is 0.274 e. The van der Waals surface area contributed by atoms with Crippen LogP contribution in [0.3, 0.4) is 0 Å². The summed E-state index contributed by atoms with van der Waals surface area (Å²) in [6.07, 6.45) is 2.85. The molecular weight excluding hydrogens is 330 g/mol. The summed E-state index contributed by atoms with van der Waals surface area (Å²) in [4.78, 5) is 16.0. The molecular formula is C17H26F2N4O2. The Hall–Kier alpha value is -1.54. The molecule has 1 aromatic rings. The van der Waals surface area contributed by atoms with Gasteiger partial charge in [0.15, 0.2) is 0 Å². The molecule has 0 unspecified atom stereocenters. The first kappa shape index (κ1) is 18.3. The lowest BCUT2D eigenvalue weighted by atomic mass is 10.00. The molecule has 0 radical (unpaired) electrons. The van der Waals surface area contributed by atoms with Crippen LogP contribution in [-0.4, -0.2) is 74.8 Å². The van der Waals surface area contributed by atoms with Gasteiger partial charge in [-0.2, -0.15) is 5.10 Å². The predicted octanol–water partition coefficient (Wildman–Crippen LogP) is 1.60. The second-order valence-electron chi connectivity index (χ2n) is 7.30. The van der Waals surface area contributed by atoms with Crippen LogP contribution >= 0.6 is 0 Å². The molecule has 25 heavy (non-hydrogen) atoms. The molecule has 0 saturated carbocycles. The minimum atomic E-state index is -2.59. The highest BCUT2D eigenvalue weighted by atomic mass is 19.3. The van der Waals surface area contributed by atoms with E-state index in [9.17, 15) is 18.7 Å². The van der Waals surface area contributed by atoms with E-state index in [-0.39, 0.29) is 38.4 Å². The lowest BCUT2D eigenvalue weighted by molar-refractivity contribution is -0.0720. The van der Waals surface area contributed by atoms with E-state index in [1.807, 2.05) is 11.8 Å². The third kappa shape index (κ3) is 4.36. The van der Waals surface area contributed by atoms with Crippen LogP contribution in [0.15, 0.2) is 12.3 Å².